The molecular formula is C47H66O21. The van der Waals surface area contributed by atoms with Crippen LogP contribution < -0.4 is 0 Å². The van der Waals surface area contributed by atoms with Crippen LogP contribution in [-0.4, -0.2) is 142 Å². The van der Waals surface area contributed by atoms with Crippen LogP contribution in [-0.2, 0) is 100.0 Å². The van der Waals surface area contributed by atoms with E-state index < -0.39 is 122 Å². The zero-order valence-electron chi connectivity index (χ0n) is 40.4. The molecule has 4 saturated carbocycles. The van der Waals surface area contributed by atoms with Crippen LogP contribution in [0.15, 0.2) is 0 Å². The second-order valence-electron chi connectivity index (χ2n) is 19.5. The van der Waals surface area contributed by atoms with Gasteiger partial charge in [0.25, 0.3) is 0 Å². The lowest BCUT2D eigenvalue weighted by Gasteiger charge is -2.61. The molecule has 6 aliphatic rings. The number of methoxy groups -OCH3 is 2. The molecule has 6 fully saturated rings. The minimum Gasteiger partial charge on any atom is -0.467 e. The van der Waals surface area contributed by atoms with E-state index in [-0.39, 0.29) is 34.4 Å². The SMILES string of the molecule is COC(=O)[C@@H]1O[C@H](OCC(=O)[C@@H]2CC[C@H]3[C@@H]4CC[C@@H]5C[C@H](O[C@@H]6O[C@@H](C(=O)OC)[C@@H](OC(C)=O)[C@H](OC(C)=O)[C@H]6OC(C)=O)CC[C@@]5(C)[C@H]4CC[C@]23C)[C@@H](OC(C)=O)[C@H](OC(C)=O)[C@H]1OC(C)=O. The number of hydrogen-bond donors (Lipinski definition) is 0. The molecule has 2 heterocycles. The molecule has 4 aliphatic carbocycles. The van der Waals surface area contributed by atoms with E-state index in [4.69, 9.17) is 56.8 Å². The molecule has 68 heavy (non-hydrogen) atoms. The van der Waals surface area contributed by atoms with Crippen molar-refractivity contribution < 1.29 is 100.0 Å². The van der Waals surface area contributed by atoms with E-state index in [1.54, 1.807) is 0 Å². The first-order valence-corrected chi connectivity index (χ1v) is 23.3. The fourth-order valence-corrected chi connectivity index (χ4v) is 12.7. The van der Waals surface area contributed by atoms with Crippen molar-refractivity contribution in [1.29, 1.82) is 0 Å². The number of carbonyl (C=O) groups excluding carboxylic acids is 9. The molecule has 380 valence electrons. The summed E-state index contributed by atoms with van der Waals surface area (Å²) in [4.78, 5) is 114. The van der Waals surface area contributed by atoms with Crippen LogP contribution in [0.1, 0.15) is 113 Å². The van der Waals surface area contributed by atoms with E-state index in [1.165, 1.54) is 0 Å². The third kappa shape index (κ3) is 11.0. The number of esters is 8. The van der Waals surface area contributed by atoms with E-state index >= 15 is 0 Å². The van der Waals surface area contributed by atoms with Crippen LogP contribution in [0.25, 0.3) is 0 Å². The number of fused-ring (bicyclic) bond motifs is 5. The van der Waals surface area contributed by atoms with Crippen molar-refractivity contribution >= 4 is 53.5 Å². The number of hydrogen-bond acceptors (Lipinski definition) is 21. The summed E-state index contributed by atoms with van der Waals surface area (Å²) < 4.78 is 67.2. The molecule has 0 bridgehead atoms. The van der Waals surface area contributed by atoms with E-state index in [9.17, 15) is 43.2 Å². The molecule has 0 aromatic heterocycles. The molecule has 0 aromatic rings. The van der Waals surface area contributed by atoms with Crippen LogP contribution in [0.3, 0.4) is 0 Å². The molecule has 18 atom stereocenters. The monoisotopic (exact) mass is 966 g/mol. The molecule has 0 N–H and O–H groups in total. The molecule has 0 amide bonds. The summed E-state index contributed by atoms with van der Waals surface area (Å²) in [5.74, 6) is -6.10. The minimum atomic E-state index is -1.65. The highest BCUT2D eigenvalue weighted by Crippen LogP contribution is 2.67. The van der Waals surface area contributed by atoms with Gasteiger partial charge in [-0.15, -0.1) is 0 Å². The van der Waals surface area contributed by atoms with Gasteiger partial charge in [-0.25, -0.2) is 9.59 Å². The maximum atomic E-state index is 14.3. The third-order valence-corrected chi connectivity index (χ3v) is 15.4. The van der Waals surface area contributed by atoms with Crippen molar-refractivity contribution in [2.24, 2.45) is 40.4 Å². The Labute approximate surface area is 394 Å². The van der Waals surface area contributed by atoms with Gasteiger partial charge in [0, 0.05) is 47.5 Å². The van der Waals surface area contributed by atoms with Gasteiger partial charge >= 0.3 is 47.8 Å². The predicted molar refractivity (Wildman–Crippen MR) is 226 cm³/mol. The number of Topliss-reactive ketones (excluding diaryl/α,β-unsaturated/α-hetero) is 1. The summed E-state index contributed by atoms with van der Waals surface area (Å²) >= 11 is 0. The fourth-order valence-electron chi connectivity index (χ4n) is 12.7. The van der Waals surface area contributed by atoms with E-state index in [0.717, 1.165) is 94.3 Å². The Morgan fingerprint density at radius 1 is 0.500 bits per heavy atom. The van der Waals surface area contributed by atoms with Crippen LogP contribution in [0, 0.1) is 40.4 Å². The van der Waals surface area contributed by atoms with Gasteiger partial charge in [-0.2, -0.15) is 0 Å². The van der Waals surface area contributed by atoms with Gasteiger partial charge < -0.3 is 56.8 Å². The average Bonchev–Trinajstić information content (AvgIpc) is 3.62. The number of carbonyl (C=O) groups is 9. The Morgan fingerprint density at radius 3 is 1.44 bits per heavy atom. The van der Waals surface area contributed by atoms with Gasteiger partial charge in [-0.1, -0.05) is 13.8 Å². The highest BCUT2D eigenvalue weighted by Gasteiger charge is 2.63. The maximum Gasteiger partial charge on any atom is 0.339 e. The van der Waals surface area contributed by atoms with Crippen molar-refractivity contribution in [2.75, 3.05) is 20.8 Å². The van der Waals surface area contributed by atoms with Crippen LogP contribution >= 0.6 is 0 Å². The summed E-state index contributed by atoms with van der Waals surface area (Å²) in [6.07, 6.45) is -8.57. The first-order chi connectivity index (χ1) is 32.0. The zero-order chi connectivity index (χ0) is 50.0. The van der Waals surface area contributed by atoms with Crippen molar-refractivity contribution in [3.05, 3.63) is 0 Å². The molecule has 6 rings (SSSR count). The fraction of sp³-hybridized carbons (Fsp3) is 0.809. The van der Waals surface area contributed by atoms with Gasteiger partial charge in [-0.05, 0) is 92.3 Å². The molecule has 21 nitrogen and oxygen atoms in total. The van der Waals surface area contributed by atoms with Gasteiger partial charge in [0.2, 0.25) is 0 Å². The van der Waals surface area contributed by atoms with Gasteiger partial charge in [0.15, 0.2) is 67.2 Å². The Morgan fingerprint density at radius 2 is 0.941 bits per heavy atom. The number of ether oxygens (including phenoxy) is 12. The zero-order valence-corrected chi connectivity index (χ0v) is 40.4. The summed E-state index contributed by atoms with van der Waals surface area (Å²) in [6, 6.07) is 0. The summed E-state index contributed by atoms with van der Waals surface area (Å²) in [6.45, 7) is 10.7. The Balaban J connectivity index is 1.14. The molecule has 2 saturated heterocycles. The quantitative estimate of drug-likeness (QED) is 0.138. The van der Waals surface area contributed by atoms with Crippen molar-refractivity contribution in [3.63, 3.8) is 0 Å². The lowest BCUT2D eigenvalue weighted by atomic mass is 9.44. The molecule has 0 aromatic carbocycles. The normalized spacial score (nSPS) is 39.5. The lowest BCUT2D eigenvalue weighted by molar-refractivity contribution is -0.315. The second-order valence-corrected chi connectivity index (χ2v) is 19.5. The number of ketones is 1. The summed E-state index contributed by atoms with van der Waals surface area (Å²) in [5, 5.41) is 0. The Kier molecular flexibility index (Phi) is 16.6. The van der Waals surface area contributed by atoms with Gasteiger partial charge in [0.05, 0.1) is 20.3 Å². The lowest BCUT2D eigenvalue weighted by Crippen LogP contribution is -2.64. The summed E-state index contributed by atoms with van der Waals surface area (Å²) in [5.41, 5.74) is -0.429. The average molecular weight is 967 g/mol. The van der Waals surface area contributed by atoms with E-state index in [2.05, 4.69) is 13.8 Å². The van der Waals surface area contributed by atoms with Crippen molar-refractivity contribution in [1.82, 2.24) is 0 Å². The van der Waals surface area contributed by atoms with Crippen molar-refractivity contribution in [3.8, 4) is 0 Å². The first-order valence-electron chi connectivity index (χ1n) is 23.3. The molecule has 21 heteroatoms. The Hall–Kier alpha value is -4.73. The molecule has 0 radical (unpaired) electrons. The molecular weight excluding hydrogens is 900 g/mol. The van der Waals surface area contributed by atoms with E-state index in [1.807, 2.05) is 0 Å². The predicted octanol–water partition coefficient (Wildman–Crippen LogP) is 3.00. The largest absolute Gasteiger partial charge is 0.467 e. The van der Waals surface area contributed by atoms with Crippen LogP contribution in [0.4, 0.5) is 0 Å². The third-order valence-electron chi connectivity index (χ3n) is 15.4. The second kappa shape index (κ2) is 21.5. The van der Waals surface area contributed by atoms with Gasteiger partial charge in [0.1, 0.15) is 6.61 Å². The Bertz CT molecular complexity index is 1950. The maximum absolute atomic E-state index is 14.3. The first kappa shape index (κ1) is 52.6. The highest BCUT2D eigenvalue weighted by atomic mass is 16.8. The highest BCUT2D eigenvalue weighted by molar-refractivity contribution is 5.83. The van der Waals surface area contributed by atoms with Crippen molar-refractivity contribution in [2.45, 2.75) is 181 Å². The molecule has 0 unspecified atom stereocenters. The smallest absolute Gasteiger partial charge is 0.339 e. The topological polar surface area (TPSA) is 264 Å². The van der Waals surface area contributed by atoms with Crippen LogP contribution in [0.2, 0.25) is 0 Å². The van der Waals surface area contributed by atoms with Gasteiger partial charge in [-0.3, -0.25) is 33.6 Å². The number of rotatable bonds is 14. The van der Waals surface area contributed by atoms with Crippen LogP contribution in [0.5, 0.6) is 0 Å². The molecule has 2 aliphatic heterocycles. The standard InChI is InChI=1S/C47H66O21/c1-21(48)60-34-36(62-23(3)50)40(64-25(5)52)44(67-38(34)42(55)57-9)59-20-33(54)32-14-13-30-29-12-11-27-19-28(15-17-46(27,7)31(29)16-18-47(30,32)8)66-45-41(65-26(6)53)37(63-24(4)51)35(61-22(2)49)39(68-45)43(56)58-10/h27-32,34-41,44-45H,11-20H2,1-10H3/t27-,28-,29+,30+,31+,32+,34-,35+,36-,37+,38-,39-,40+,41-,44+,45-,46-,47+/m1/s1. The van der Waals surface area contributed by atoms with E-state index in [0.29, 0.717) is 31.1 Å². The molecule has 0 spiro atoms. The minimum absolute atomic E-state index is 0.0735. The summed E-state index contributed by atoms with van der Waals surface area (Å²) in [7, 11) is 2.22.